The van der Waals surface area contributed by atoms with Crippen LogP contribution in [0, 0.1) is 6.92 Å². The van der Waals surface area contributed by atoms with Gasteiger partial charge < -0.3 is 14.8 Å². The minimum atomic E-state index is -0.172. The number of carbonyl (C=O) groups is 1. The van der Waals surface area contributed by atoms with Crippen molar-refractivity contribution < 1.29 is 14.3 Å². The van der Waals surface area contributed by atoms with Gasteiger partial charge in [-0.15, -0.1) is 0 Å². The van der Waals surface area contributed by atoms with Crippen molar-refractivity contribution in [1.82, 2.24) is 5.32 Å². The molecular weight excluding hydrogens is 278 g/mol. The minimum absolute atomic E-state index is 0.106. The molecule has 0 radical (unpaired) electrons. The largest absolute Gasteiger partial charge is 0.497 e. The van der Waals surface area contributed by atoms with Crippen LogP contribution in [0.15, 0.2) is 42.5 Å². The third kappa shape index (κ3) is 3.58. The molecule has 2 rings (SSSR count). The molecule has 0 heterocycles. The van der Waals surface area contributed by atoms with Crippen LogP contribution in [0.4, 0.5) is 0 Å². The average Bonchev–Trinajstić information content (AvgIpc) is 2.54. The smallest absolute Gasteiger partial charge is 0.251 e. The van der Waals surface area contributed by atoms with Gasteiger partial charge >= 0.3 is 0 Å². The Hall–Kier alpha value is -2.49. The number of nitrogens with one attached hydrogen (secondary N) is 1. The summed E-state index contributed by atoms with van der Waals surface area (Å²) in [5.74, 6) is 1.30. The van der Waals surface area contributed by atoms with Crippen LogP contribution in [0.5, 0.6) is 11.5 Å². The van der Waals surface area contributed by atoms with E-state index in [4.69, 9.17) is 9.47 Å². The molecule has 1 amide bonds. The minimum Gasteiger partial charge on any atom is -0.497 e. The molecule has 4 nitrogen and oxygen atoms in total. The molecule has 0 fully saturated rings. The predicted octanol–water partition coefficient (Wildman–Crippen LogP) is 3.50. The molecule has 2 aromatic rings. The molecule has 0 aliphatic carbocycles. The highest BCUT2D eigenvalue weighted by Gasteiger charge is 2.15. The zero-order valence-corrected chi connectivity index (χ0v) is 13.3. The molecule has 4 heteroatoms. The van der Waals surface area contributed by atoms with Gasteiger partial charge in [0.2, 0.25) is 0 Å². The maximum absolute atomic E-state index is 12.3. The zero-order valence-electron chi connectivity index (χ0n) is 13.3. The summed E-state index contributed by atoms with van der Waals surface area (Å²) in [7, 11) is 3.21. The third-order valence-electron chi connectivity index (χ3n) is 3.57. The van der Waals surface area contributed by atoms with E-state index in [-0.39, 0.29) is 11.9 Å². The predicted molar refractivity (Wildman–Crippen MR) is 86.6 cm³/mol. The molecule has 0 aliphatic heterocycles. The van der Waals surface area contributed by atoms with Gasteiger partial charge in [-0.2, -0.15) is 0 Å². The highest BCUT2D eigenvalue weighted by Crippen LogP contribution is 2.29. The molecule has 0 saturated heterocycles. The van der Waals surface area contributed by atoms with E-state index in [2.05, 4.69) is 5.32 Å². The number of hydrogen-bond acceptors (Lipinski definition) is 3. The van der Waals surface area contributed by atoms with Crippen molar-refractivity contribution in [3.63, 3.8) is 0 Å². The van der Waals surface area contributed by atoms with E-state index >= 15 is 0 Å². The van der Waals surface area contributed by atoms with E-state index in [1.54, 1.807) is 14.2 Å². The molecule has 1 N–H and O–H groups in total. The van der Waals surface area contributed by atoms with Crippen molar-refractivity contribution in [2.45, 2.75) is 19.9 Å². The second-order valence-corrected chi connectivity index (χ2v) is 5.17. The van der Waals surface area contributed by atoms with Crippen molar-refractivity contribution in [3.05, 3.63) is 59.2 Å². The van der Waals surface area contributed by atoms with Crippen LogP contribution in [0.1, 0.15) is 34.5 Å². The first-order valence-electron chi connectivity index (χ1n) is 7.14. The summed E-state index contributed by atoms with van der Waals surface area (Å²) >= 11 is 0. The number of methoxy groups -OCH3 is 2. The summed E-state index contributed by atoms with van der Waals surface area (Å²) in [6.45, 7) is 3.92. The second kappa shape index (κ2) is 6.98. The maximum Gasteiger partial charge on any atom is 0.251 e. The van der Waals surface area contributed by atoms with Gasteiger partial charge in [-0.1, -0.05) is 17.7 Å². The highest BCUT2D eigenvalue weighted by molar-refractivity contribution is 5.94. The fourth-order valence-corrected chi connectivity index (χ4v) is 2.24. The van der Waals surface area contributed by atoms with Crippen LogP contribution < -0.4 is 14.8 Å². The Bertz CT molecular complexity index is 650. The SMILES string of the molecule is COc1ccc(C(C)NC(=O)c2ccc(C)cc2)c(OC)c1. The van der Waals surface area contributed by atoms with Crippen LogP contribution in [0.3, 0.4) is 0 Å². The number of aryl methyl sites for hydroxylation is 1. The Morgan fingerprint density at radius 3 is 2.32 bits per heavy atom. The Morgan fingerprint density at radius 1 is 1.05 bits per heavy atom. The van der Waals surface area contributed by atoms with Gasteiger partial charge in [-0.05, 0) is 38.1 Å². The fraction of sp³-hybridized carbons (Fsp3) is 0.278. The molecule has 22 heavy (non-hydrogen) atoms. The normalized spacial score (nSPS) is 11.6. The quantitative estimate of drug-likeness (QED) is 0.919. The Labute approximate surface area is 131 Å². The van der Waals surface area contributed by atoms with Gasteiger partial charge in [-0.25, -0.2) is 0 Å². The molecule has 1 atom stereocenters. The molecule has 116 valence electrons. The molecular formula is C18H21NO3. The lowest BCUT2D eigenvalue weighted by Gasteiger charge is -2.18. The molecule has 2 aromatic carbocycles. The molecule has 0 spiro atoms. The first kappa shape index (κ1) is 15.9. The maximum atomic E-state index is 12.3. The van der Waals surface area contributed by atoms with Gasteiger partial charge in [0.1, 0.15) is 11.5 Å². The first-order chi connectivity index (χ1) is 10.5. The molecule has 0 aromatic heterocycles. The molecule has 0 bridgehead atoms. The van der Waals surface area contributed by atoms with Gasteiger partial charge in [0.05, 0.1) is 20.3 Å². The summed E-state index contributed by atoms with van der Waals surface area (Å²) in [5, 5.41) is 2.98. The van der Waals surface area contributed by atoms with Gasteiger partial charge in [0.25, 0.3) is 5.91 Å². The van der Waals surface area contributed by atoms with Crippen molar-refractivity contribution in [1.29, 1.82) is 0 Å². The van der Waals surface area contributed by atoms with Crippen molar-refractivity contribution >= 4 is 5.91 Å². The number of amides is 1. The van der Waals surface area contributed by atoms with Crippen LogP contribution >= 0.6 is 0 Å². The van der Waals surface area contributed by atoms with E-state index < -0.39 is 0 Å². The van der Waals surface area contributed by atoms with Crippen LogP contribution in [0.25, 0.3) is 0 Å². The lowest BCUT2D eigenvalue weighted by Crippen LogP contribution is -2.26. The number of rotatable bonds is 5. The lowest BCUT2D eigenvalue weighted by atomic mass is 10.1. The molecule has 0 aliphatic rings. The van der Waals surface area contributed by atoms with E-state index in [0.717, 1.165) is 16.9 Å². The Balaban J connectivity index is 2.16. The summed E-state index contributed by atoms with van der Waals surface area (Å²) in [4.78, 5) is 12.3. The van der Waals surface area contributed by atoms with E-state index in [0.29, 0.717) is 11.3 Å². The Kier molecular flexibility index (Phi) is 5.04. The van der Waals surface area contributed by atoms with Gasteiger partial charge in [-0.3, -0.25) is 4.79 Å². The van der Waals surface area contributed by atoms with Crippen LogP contribution in [0.2, 0.25) is 0 Å². The standard InChI is InChI=1S/C18H21NO3/c1-12-5-7-14(8-6-12)18(20)19-13(2)16-10-9-15(21-3)11-17(16)22-4/h5-11,13H,1-4H3,(H,19,20). The van der Waals surface area contributed by atoms with E-state index in [1.165, 1.54) is 0 Å². The first-order valence-corrected chi connectivity index (χ1v) is 7.14. The average molecular weight is 299 g/mol. The monoisotopic (exact) mass is 299 g/mol. The fourth-order valence-electron chi connectivity index (χ4n) is 2.24. The molecule has 0 saturated carbocycles. The Morgan fingerprint density at radius 2 is 1.73 bits per heavy atom. The third-order valence-corrected chi connectivity index (χ3v) is 3.57. The topological polar surface area (TPSA) is 47.6 Å². The van der Waals surface area contributed by atoms with Crippen molar-refractivity contribution in [2.75, 3.05) is 14.2 Å². The van der Waals surface area contributed by atoms with Crippen molar-refractivity contribution in [3.8, 4) is 11.5 Å². The molecule has 1 unspecified atom stereocenters. The van der Waals surface area contributed by atoms with E-state index in [9.17, 15) is 4.79 Å². The summed E-state index contributed by atoms with van der Waals surface area (Å²) in [6, 6.07) is 12.9. The van der Waals surface area contributed by atoms with Crippen LogP contribution in [-0.4, -0.2) is 20.1 Å². The number of carbonyl (C=O) groups excluding carboxylic acids is 1. The van der Waals surface area contributed by atoms with Crippen molar-refractivity contribution in [2.24, 2.45) is 0 Å². The zero-order chi connectivity index (χ0) is 16.1. The number of benzene rings is 2. The number of ether oxygens (including phenoxy) is 2. The van der Waals surface area contributed by atoms with E-state index in [1.807, 2.05) is 56.3 Å². The second-order valence-electron chi connectivity index (χ2n) is 5.17. The van der Waals surface area contributed by atoms with Crippen LogP contribution in [-0.2, 0) is 0 Å². The summed E-state index contributed by atoms with van der Waals surface area (Å²) in [5.41, 5.74) is 2.68. The number of hydrogen-bond donors (Lipinski definition) is 1. The lowest BCUT2D eigenvalue weighted by molar-refractivity contribution is 0.0939. The highest BCUT2D eigenvalue weighted by atomic mass is 16.5. The summed E-state index contributed by atoms with van der Waals surface area (Å²) in [6.07, 6.45) is 0. The van der Waals surface area contributed by atoms with Gasteiger partial charge in [0, 0.05) is 17.2 Å². The van der Waals surface area contributed by atoms with Gasteiger partial charge in [0.15, 0.2) is 0 Å². The summed E-state index contributed by atoms with van der Waals surface area (Å²) < 4.78 is 10.6.